The number of hydrogen-bond acceptors (Lipinski definition) is 7. The summed E-state index contributed by atoms with van der Waals surface area (Å²) < 4.78 is 41.1. The predicted octanol–water partition coefficient (Wildman–Crippen LogP) is 5.00. The fourth-order valence-electron chi connectivity index (χ4n) is 3.81. The summed E-state index contributed by atoms with van der Waals surface area (Å²) in [6.07, 6.45) is 1.72. The number of halogens is 1. The summed E-state index contributed by atoms with van der Waals surface area (Å²) in [7, 11) is 4.66. The van der Waals surface area contributed by atoms with E-state index in [4.69, 9.17) is 23.7 Å². The van der Waals surface area contributed by atoms with Gasteiger partial charge in [0.1, 0.15) is 23.1 Å². The number of cyclic esters (lactones) is 1. The smallest absolute Gasteiger partial charge is 0.364 e. The van der Waals surface area contributed by atoms with E-state index >= 15 is 0 Å². The van der Waals surface area contributed by atoms with Crippen LogP contribution in [-0.4, -0.2) is 33.2 Å². The highest BCUT2D eigenvalue weighted by Gasteiger charge is 2.31. The number of methoxy groups -OCH3 is 3. The molecule has 0 spiro atoms. The third-order valence-corrected chi connectivity index (χ3v) is 5.58. The maximum absolute atomic E-state index is 13.4. The average molecular weight is 473 g/mol. The molecule has 2 heterocycles. The number of fused-ring (bicyclic) bond motifs is 1. The fraction of sp³-hybridized carbons (Fsp3) is 0.111. The molecule has 2 aliphatic heterocycles. The molecular formula is C27H20FNO6. The van der Waals surface area contributed by atoms with E-state index in [-0.39, 0.29) is 11.6 Å². The fourth-order valence-corrected chi connectivity index (χ4v) is 3.81. The summed E-state index contributed by atoms with van der Waals surface area (Å²) >= 11 is 0. The lowest BCUT2D eigenvalue weighted by Crippen LogP contribution is -2.09. The molecule has 176 valence electrons. The zero-order valence-corrected chi connectivity index (χ0v) is 19.1. The molecule has 7 nitrogen and oxygen atoms in total. The number of ether oxygens (including phenoxy) is 5. The van der Waals surface area contributed by atoms with Crippen molar-refractivity contribution in [2.45, 2.75) is 0 Å². The Balaban J connectivity index is 1.68. The van der Waals surface area contributed by atoms with Crippen LogP contribution in [-0.2, 0) is 9.53 Å². The van der Waals surface area contributed by atoms with Crippen molar-refractivity contribution < 1.29 is 32.9 Å². The SMILES string of the molecule is COc1ccc2c(c1)C(=C1N=C(c3ccc(F)cc3)OC1=O)C=C(c1ccc(OC)c(OC)c1)O2. The van der Waals surface area contributed by atoms with Crippen molar-refractivity contribution >= 4 is 23.2 Å². The molecule has 0 radical (unpaired) electrons. The van der Waals surface area contributed by atoms with E-state index in [9.17, 15) is 9.18 Å². The average Bonchev–Trinajstić information content (AvgIpc) is 3.28. The molecule has 8 heteroatoms. The number of nitrogens with zero attached hydrogens (tertiary/aromatic N) is 1. The summed E-state index contributed by atoms with van der Waals surface area (Å²) in [6, 6.07) is 16.2. The maximum atomic E-state index is 13.4. The second kappa shape index (κ2) is 8.98. The highest BCUT2D eigenvalue weighted by Crippen LogP contribution is 2.42. The molecule has 3 aromatic rings. The lowest BCUT2D eigenvalue weighted by molar-refractivity contribution is -0.129. The number of carbonyl (C=O) groups is 1. The molecule has 0 unspecified atom stereocenters. The molecule has 0 saturated carbocycles. The Hall–Kier alpha value is -4.59. The summed E-state index contributed by atoms with van der Waals surface area (Å²) in [5.74, 6) is 1.74. The van der Waals surface area contributed by atoms with Crippen LogP contribution >= 0.6 is 0 Å². The van der Waals surface area contributed by atoms with Gasteiger partial charge in [-0.2, -0.15) is 0 Å². The van der Waals surface area contributed by atoms with Crippen molar-refractivity contribution in [3.63, 3.8) is 0 Å². The van der Waals surface area contributed by atoms with Crippen LogP contribution in [0, 0.1) is 5.82 Å². The minimum Gasteiger partial charge on any atom is -0.497 e. The van der Waals surface area contributed by atoms with Gasteiger partial charge in [0.15, 0.2) is 17.2 Å². The van der Waals surface area contributed by atoms with Gasteiger partial charge < -0.3 is 23.7 Å². The van der Waals surface area contributed by atoms with Crippen LogP contribution in [0.25, 0.3) is 11.3 Å². The van der Waals surface area contributed by atoms with Crippen LogP contribution in [0.4, 0.5) is 4.39 Å². The predicted molar refractivity (Wildman–Crippen MR) is 127 cm³/mol. The van der Waals surface area contributed by atoms with Crippen LogP contribution in [0.3, 0.4) is 0 Å². The summed E-state index contributed by atoms with van der Waals surface area (Å²) in [6.45, 7) is 0. The van der Waals surface area contributed by atoms with Crippen LogP contribution in [0.2, 0.25) is 0 Å². The Morgan fingerprint density at radius 3 is 2.26 bits per heavy atom. The second-order valence-corrected chi connectivity index (χ2v) is 7.62. The van der Waals surface area contributed by atoms with Gasteiger partial charge in [-0.3, -0.25) is 0 Å². The van der Waals surface area contributed by atoms with Gasteiger partial charge >= 0.3 is 5.97 Å². The second-order valence-electron chi connectivity index (χ2n) is 7.62. The lowest BCUT2D eigenvalue weighted by atomic mass is 9.97. The molecule has 3 aromatic carbocycles. The van der Waals surface area contributed by atoms with Gasteiger partial charge in [-0.25, -0.2) is 14.2 Å². The Morgan fingerprint density at radius 2 is 1.54 bits per heavy atom. The van der Waals surface area contributed by atoms with Gasteiger partial charge in [0.05, 0.1) is 21.3 Å². The van der Waals surface area contributed by atoms with E-state index in [1.54, 1.807) is 57.7 Å². The zero-order valence-electron chi connectivity index (χ0n) is 19.1. The largest absolute Gasteiger partial charge is 0.497 e. The van der Waals surface area contributed by atoms with Crippen LogP contribution in [0.1, 0.15) is 16.7 Å². The number of allylic oxidation sites excluding steroid dienone is 2. The number of benzene rings is 3. The standard InChI is InChI=1S/C27H20FNO6/c1-31-18-9-11-21-19(13-18)20(14-23(34-21)16-6-10-22(32-2)24(12-16)33-3)25-27(30)35-26(29-25)15-4-7-17(28)8-5-15/h4-14H,1-3H3. The normalized spacial score (nSPS) is 16.5. The first-order valence-electron chi connectivity index (χ1n) is 10.6. The molecule has 0 atom stereocenters. The molecule has 35 heavy (non-hydrogen) atoms. The van der Waals surface area contributed by atoms with E-state index < -0.39 is 11.8 Å². The van der Waals surface area contributed by atoms with E-state index in [0.717, 1.165) is 0 Å². The van der Waals surface area contributed by atoms with Gasteiger partial charge in [0, 0.05) is 22.3 Å². The topological polar surface area (TPSA) is 75.6 Å². The first-order valence-corrected chi connectivity index (χ1v) is 10.6. The Morgan fingerprint density at radius 1 is 0.800 bits per heavy atom. The van der Waals surface area contributed by atoms with Crippen LogP contribution in [0.15, 0.2) is 77.4 Å². The van der Waals surface area contributed by atoms with Gasteiger partial charge in [0.2, 0.25) is 5.90 Å². The van der Waals surface area contributed by atoms with E-state index in [1.165, 1.54) is 24.3 Å². The van der Waals surface area contributed by atoms with Gasteiger partial charge in [0.25, 0.3) is 0 Å². The van der Waals surface area contributed by atoms with Crippen LogP contribution in [0.5, 0.6) is 23.0 Å². The minimum absolute atomic E-state index is 0.0921. The summed E-state index contributed by atoms with van der Waals surface area (Å²) in [4.78, 5) is 17.4. The quantitative estimate of drug-likeness (QED) is 0.384. The number of hydrogen-bond donors (Lipinski definition) is 0. The van der Waals surface area contributed by atoms with Gasteiger partial charge in [-0.1, -0.05) is 0 Å². The summed E-state index contributed by atoms with van der Waals surface area (Å²) in [5.41, 5.74) is 2.40. The zero-order chi connectivity index (χ0) is 24.5. The molecule has 0 bridgehead atoms. The minimum atomic E-state index is -0.627. The third-order valence-electron chi connectivity index (χ3n) is 5.58. The van der Waals surface area contributed by atoms with E-state index in [1.807, 2.05) is 6.07 Å². The van der Waals surface area contributed by atoms with Crippen molar-refractivity contribution in [3.8, 4) is 23.0 Å². The van der Waals surface area contributed by atoms with Gasteiger partial charge in [-0.05, 0) is 66.7 Å². The van der Waals surface area contributed by atoms with Crippen molar-refractivity contribution in [1.82, 2.24) is 0 Å². The molecule has 0 N–H and O–H groups in total. The van der Waals surface area contributed by atoms with Crippen LogP contribution < -0.4 is 18.9 Å². The highest BCUT2D eigenvalue weighted by atomic mass is 19.1. The molecule has 0 aromatic heterocycles. The Labute approximate surface area is 200 Å². The maximum Gasteiger partial charge on any atom is 0.364 e. The number of aliphatic imine (C=N–C) groups is 1. The number of carbonyl (C=O) groups excluding carboxylic acids is 1. The third kappa shape index (κ3) is 4.10. The molecular weight excluding hydrogens is 453 g/mol. The van der Waals surface area contributed by atoms with Gasteiger partial charge in [-0.15, -0.1) is 0 Å². The Bertz CT molecular complexity index is 1420. The van der Waals surface area contributed by atoms with Crippen molar-refractivity contribution in [2.75, 3.05) is 21.3 Å². The van der Waals surface area contributed by atoms with E-state index in [0.29, 0.717) is 51.0 Å². The van der Waals surface area contributed by atoms with Crippen molar-refractivity contribution in [1.29, 1.82) is 0 Å². The Kier molecular flexibility index (Phi) is 5.70. The molecule has 0 saturated heterocycles. The monoisotopic (exact) mass is 473 g/mol. The first-order chi connectivity index (χ1) is 17.0. The first kappa shape index (κ1) is 22.2. The molecule has 0 fully saturated rings. The molecule has 0 amide bonds. The van der Waals surface area contributed by atoms with E-state index in [2.05, 4.69) is 4.99 Å². The highest BCUT2D eigenvalue weighted by molar-refractivity contribution is 6.15. The molecule has 5 rings (SSSR count). The van der Waals surface area contributed by atoms with Crippen molar-refractivity contribution in [3.05, 3.63) is 94.9 Å². The molecule has 0 aliphatic carbocycles. The van der Waals surface area contributed by atoms with Crippen molar-refractivity contribution in [2.24, 2.45) is 4.99 Å². The lowest BCUT2D eigenvalue weighted by Gasteiger charge is -2.22. The summed E-state index contributed by atoms with van der Waals surface area (Å²) in [5, 5.41) is 0. The number of esters is 1. The molecule has 2 aliphatic rings. The number of rotatable bonds is 5.